The van der Waals surface area contributed by atoms with Gasteiger partial charge in [-0.3, -0.25) is 18.6 Å². The number of carbonyl (C=O) groups is 2. The van der Waals surface area contributed by atoms with Gasteiger partial charge in [0.05, 0.1) is 6.61 Å². The number of hydrogen-bond acceptors (Lipinski definition) is 7. The zero-order valence-electron chi connectivity index (χ0n) is 30.4. The van der Waals surface area contributed by atoms with E-state index in [1.54, 1.807) is 0 Å². The van der Waals surface area contributed by atoms with Gasteiger partial charge in [0.25, 0.3) is 0 Å². The van der Waals surface area contributed by atoms with E-state index in [1.165, 1.54) is 89.9 Å². The van der Waals surface area contributed by atoms with E-state index in [1.807, 2.05) is 0 Å². The first kappa shape index (κ1) is 45.5. The van der Waals surface area contributed by atoms with E-state index in [9.17, 15) is 19.0 Å². The highest BCUT2D eigenvalue weighted by Gasteiger charge is 2.24. The summed E-state index contributed by atoms with van der Waals surface area (Å²) in [6.45, 7) is 3.85. The molecule has 2 atom stereocenters. The molecule has 0 fully saturated rings. The van der Waals surface area contributed by atoms with Crippen LogP contribution in [-0.4, -0.2) is 43.3 Å². The second kappa shape index (κ2) is 34.4. The Bertz CT molecular complexity index is 829. The van der Waals surface area contributed by atoms with Crippen molar-refractivity contribution in [2.45, 2.75) is 187 Å². The highest BCUT2D eigenvalue weighted by molar-refractivity contribution is 7.47. The van der Waals surface area contributed by atoms with Crippen LogP contribution in [0.3, 0.4) is 0 Å². The van der Waals surface area contributed by atoms with Gasteiger partial charge < -0.3 is 14.4 Å². The quantitative estimate of drug-likeness (QED) is 0.0304. The Balaban J connectivity index is 4.08. The van der Waals surface area contributed by atoms with Gasteiger partial charge in [0.1, 0.15) is 6.61 Å². The van der Waals surface area contributed by atoms with Crippen LogP contribution >= 0.6 is 7.82 Å². The van der Waals surface area contributed by atoms with Crippen molar-refractivity contribution >= 4 is 19.8 Å². The molecule has 2 unspecified atom stereocenters. The predicted octanol–water partition coefficient (Wildman–Crippen LogP) is 11.5. The number of phosphoric acid groups is 1. The molecule has 0 aliphatic rings. The molecule has 0 amide bonds. The van der Waals surface area contributed by atoms with Crippen molar-refractivity contribution in [2.75, 3.05) is 20.3 Å². The number of hydrogen-bond donors (Lipinski definition) is 1. The number of unbranched alkanes of at least 4 members (excludes halogenated alkanes) is 20. The molecule has 0 aromatic rings. The van der Waals surface area contributed by atoms with E-state index in [0.717, 1.165) is 64.9 Å². The van der Waals surface area contributed by atoms with Gasteiger partial charge in [0.2, 0.25) is 0 Å². The first-order valence-electron chi connectivity index (χ1n) is 19.0. The molecule has 276 valence electrons. The Morgan fingerprint density at radius 3 is 1.51 bits per heavy atom. The van der Waals surface area contributed by atoms with Crippen LogP contribution in [-0.2, 0) is 32.7 Å². The lowest BCUT2D eigenvalue weighted by Gasteiger charge is -2.19. The van der Waals surface area contributed by atoms with Gasteiger partial charge in [-0.25, -0.2) is 4.57 Å². The van der Waals surface area contributed by atoms with Crippen molar-refractivity contribution in [3.63, 3.8) is 0 Å². The van der Waals surface area contributed by atoms with Crippen LogP contribution in [0.4, 0.5) is 0 Å². The molecule has 8 nitrogen and oxygen atoms in total. The van der Waals surface area contributed by atoms with E-state index >= 15 is 0 Å². The predicted molar refractivity (Wildman–Crippen MR) is 193 cm³/mol. The topological polar surface area (TPSA) is 108 Å². The van der Waals surface area contributed by atoms with Crippen LogP contribution < -0.4 is 0 Å². The van der Waals surface area contributed by atoms with Crippen LogP contribution in [0.5, 0.6) is 0 Å². The summed E-state index contributed by atoms with van der Waals surface area (Å²) in [5.74, 6) is -0.816. The molecule has 0 spiro atoms. The molecule has 0 bridgehead atoms. The maximum absolute atomic E-state index is 12.4. The largest absolute Gasteiger partial charge is 0.472 e. The van der Waals surface area contributed by atoms with E-state index in [-0.39, 0.29) is 19.0 Å². The smallest absolute Gasteiger partial charge is 0.462 e. The lowest BCUT2D eigenvalue weighted by Crippen LogP contribution is -2.29. The van der Waals surface area contributed by atoms with Crippen LogP contribution in [0.25, 0.3) is 0 Å². The number of ether oxygens (including phenoxy) is 2. The monoisotopic (exact) mass is 686 g/mol. The van der Waals surface area contributed by atoms with Gasteiger partial charge in [-0.15, -0.1) is 0 Å². The van der Waals surface area contributed by atoms with Crippen molar-refractivity contribution in [3.05, 3.63) is 24.3 Å². The summed E-state index contributed by atoms with van der Waals surface area (Å²) in [5.41, 5.74) is 0. The molecule has 0 saturated carbocycles. The molecule has 47 heavy (non-hydrogen) atoms. The number of esters is 2. The average Bonchev–Trinajstić information content (AvgIpc) is 3.06. The van der Waals surface area contributed by atoms with Gasteiger partial charge in [-0.05, 0) is 44.9 Å². The molecule has 0 aliphatic carbocycles. The van der Waals surface area contributed by atoms with Gasteiger partial charge in [0.15, 0.2) is 6.10 Å². The SMILES string of the molecule is CCCCCC/C=C\C/C=C\CCCCCCCC(=O)OC(COC(=O)CCCCCCCCCCCCCC)COP(=O)(O)OC. The Kier molecular flexibility index (Phi) is 33.3. The Labute approximate surface area is 288 Å². The number of phosphoric ester groups is 1. The van der Waals surface area contributed by atoms with Crippen LogP contribution in [0.1, 0.15) is 181 Å². The maximum Gasteiger partial charge on any atom is 0.472 e. The maximum atomic E-state index is 12.4. The minimum Gasteiger partial charge on any atom is -0.462 e. The third-order valence-corrected chi connectivity index (χ3v) is 9.14. The van der Waals surface area contributed by atoms with Gasteiger partial charge in [0, 0.05) is 20.0 Å². The summed E-state index contributed by atoms with van der Waals surface area (Å²) >= 11 is 0. The van der Waals surface area contributed by atoms with Gasteiger partial charge in [-0.1, -0.05) is 147 Å². The highest BCUT2D eigenvalue weighted by atomic mass is 31.2. The van der Waals surface area contributed by atoms with E-state index in [4.69, 9.17) is 14.0 Å². The lowest BCUT2D eigenvalue weighted by atomic mass is 10.0. The fourth-order valence-electron chi connectivity index (χ4n) is 5.22. The fraction of sp³-hybridized carbons (Fsp3) is 0.842. The lowest BCUT2D eigenvalue weighted by molar-refractivity contribution is -0.161. The van der Waals surface area contributed by atoms with E-state index < -0.39 is 26.5 Å². The Hall–Kier alpha value is -1.47. The zero-order valence-corrected chi connectivity index (χ0v) is 31.3. The summed E-state index contributed by atoms with van der Waals surface area (Å²) < 4.78 is 31.8. The second-order valence-electron chi connectivity index (χ2n) is 12.7. The van der Waals surface area contributed by atoms with Crippen molar-refractivity contribution < 1.29 is 37.6 Å². The molecule has 0 aliphatic heterocycles. The Morgan fingerprint density at radius 2 is 1.02 bits per heavy atom. The molecule has 0 heterocycles. The minimum absolute atomic E-state index is 0.227. The number of carbonyl (C=O) groups excluding carboxylic acids is 2. The van der Waals surface area contributed by atoms with Crippen LogP contribution in [0.15, 0.2) is 24.3 Å². The van der Waals surface area contributed by atoms with Crippen LogP contribution in [0.2, 0.25) is 0 Å². The number of allylic oxidation sites excluding steroid dienone is 4. The standard InChI is InChI=1S/C38H71O8P/c1-4-6-8-10-12-14-16-18-19-20-21-23-25-27-29-31-33-38(40)46-36(35-45-47(41,42)43-3)34-44-37(39)32-30-28-26-24-22-17-15-13-11-9-7-5-2/h14,16,19-20,36H,4-13,15,17-18,21-35H2,1-3H3,(H,41,42)/b16-14-,20-19-. The Morgan fingerprint density at radius 1 is 0.596 bits per heavy atom. The van der Waals surface area contributed by atoms with E-state index in [2.05, 4.69) is 42.7 Å². The normalized spacial score (nSPS) is 13.7. The van der Waals surface area contributed by atoms with E-state index in [0.29, 0.717) is 12.8 Å². The summed E-state index contributed by atoms with van der Waals surface area (Å²) in [6, 6.07) is 0. The van der Waals surface area contributed by atoms with Crippen molar-refractivity contribution in [3.8, 4) is 0 Å². The molecule has 0 radical (unpaired) electrons. The molecule has 0 rings (SSSR count). The van der Waals surface area contributed by atoms with Crippen molar-refractivity contribution in [2.24, 2.45) is 0 Å². The molecule has 0 aromatic carbocycles. The molecule has 9 heteroatoms. The summed E-state index contributed by atoms with van der Waals surface area (Å²) in [6.07, 6.45) is 36.5. The average molecular weight is 687 g/mol. The second-order valence-corrected chi connectivity index (χ2v) is 14.3. The first-order chi connectivity index (χ1) is 22.8. The molecular weight excluding hydrogens is 615 g/mol. The zero-order chi connectivity index (χ0) is 34.7. The third kappa shape index (κ3) is 34.2. The van der Waals surface area contributed by atoms with Gasteiger partial charge in [-0.2, -0.15) is 0 Å². The molecule has 1 N–H and O–H groups in total. The summed E-state index contributed by atoms with van der Waals surface area (Å²) in [7, 11) is -3.20. The summed E-state index contributed by atoms with van der Waals surface area (Å²) in [5, 5.41) is 0. The minimum atomic E-state index is -4.26. The first-order valence-corrected chi connectivity index (χ1v) is 20.5. The summed E-state index contributed by atoms with van der Waals surface area (Å²) in [4.78, 5) is 34.3. The van der Waals surface area contributed by atoms with Crippen molar-refractivity contribution in [1.29, 1.82) is 0 Å². The third-order valence-electron chi connectivity index (χ3n) is 8.20. The van der Waals surface area contributed by atoms with Crippen molar-refractivity contribution in [1.82, 2.24) is 0 Å². The molecular formula is C38H71O8P. The number of rotatable bonds is 35. The molecule has 0 aromatic heterocycles. The van der Waals surface area contributed by atoms with Crippen LogP contribution in [0, 0.1) is 0 Å². The van der Waals surface area contributed by atoms with Gasteiger partial charge >= 0.3 is 19.8 Å². The fourth-order valence-corrected chi connectivity index (χ4v) is 5.68. The highest BCUT2D eigenvalue weighted by Crippen LogP contribution is 2.42. The molecule has 0 saturated heterocycles.